The van der Waals surface area contributed by atoms with Gasteiger partial charge in [0, 0.05) is 23.4 Å². The number of benzodiazepines with no additional fused rings is 1. The average molecular weight is 679 g/mol. The van der Waals surface area contributed by atoms with Crippen molar-refractivity contribution in [3.05, 3.63) is 111 Å². The third kappa shape index (κ3) is 6.64. The summed E-state index contributed by atoms with van der Waals surface area (Å²) in [6.07, 6.45) is -14.5. The fourth-order valence-electron chi connectivity index (χ4n) is 5.51. The number of rotatable bonds is 8. The van der Waals surface area contributed by atoms with Gasteiger partial charge in [0.1, 0.15) is 30.5 Å². The quantitative estimate of drug-likeness (QED) is 0.118. The lowest BCUT2D eigenvalue weighted by atomic mass is 10.0. The van der Waals surface area contributed by atoms with Crippen molar-refractivity contribution in [3.8, 4) is 0 Å². The second kappa shape index (κ2) is 13.5. The minimum absolute atomic E-state index is 0.388. The number of H-pyrrole nitrogens is 1. The lowest BCUT2D eigenvalue weighted by molar-refractivity contribution is -0.240. The number of para-hydroxylation sites is 1. The van der Waals surface area contributed by atoms with Crippen LogP contribution in [0.3, 0.4) is 0 Å². The van der Waals surface area contributed by atoms with Crippen molar-refractivity contribution in [2.24, 2.45) is 10.7 Å². The highest BCUT2D eigenvalue weighted by Gasteiger charge is 2.51. The van der Waals surface area contributed by atoms with Gasteiger partial charge in [-0.2, -0.15) is 0 Å². The molecule has 0 aliphatic carbocycles. The maximum Gasteiger partial charge on any atom is 0.330 e. The zero-order chi connectivity index (χ0) is 35.0. The fourth-order valence-corrected chi connectivity index (χ4v) is 5.51. The standard InChI is InChI=1S/C31H30N6O12/c32-25(43)24(23-21(41)22(42)29(48-23)37-11-10-18(39)34-31(37)46)49-30-20(40)16(38)12-17(47-30)27(44)36-26-28(45)33-15-9-5-4-8-14(15)19(35-26)13-6-2-1-3-7-13/h1-12,16,20-24,26,29-30,38,40-42H,(H2,32,43)(H,33,45)(H,36,44)(H,34,39,46)/t16?,20?,21?,22?,23-,24?,26?,29+,30+/m0/s1. The van der Waals surface area contributed by atoms with Crippen molar-refractivity contribution >= 4 is 29.1 Å². The largest absolute Gasteiger partial charge is 0.456 e. The molecule has 49 heavy (non-hydrogen) atoms. The van der Waals surface area contributed by atoms with Crippen molar-refractivity contribution in [1.82, 2.24) is 14.9 Å². The van der Waals surface area contributed by atoms with Crippen LogP contribution >= 0.6 is 0 Å². The third-order valence-corrected chi connectivity index (χ3v) is 7.94. The first-order valence-corrected chi connectivity index (χ1v) is 14.8. The average Bonchev–Trinajstić information content (AvgIpc) is 3.28. The molecule has 9 atom stereocenters. The van der Waals surface area contributed by atoms with E-state index in [9.17, 15) is 44.4 Å². The molecule has 18 nitrogen and oxygen atoms in total. The number of aromatic nitrogens is 2. The number of aliphatic imine (C=N–C) groups is 1. The van der Waals surface area contributed by atoms with E-state index < -0.39 is 90.0 Å². The van der Waals surface area contributed by atoms with Crippen LogP contribution in [0.15, 0.2) is 93.3 Å². The smallest absolute Gasteiger partial charge is 0.330 e. The van der Waals surface area contributed by atoms with Gasteiger partial charge in [-0.3, -0.25) is 28.7 Å². The van der Waals surface area contributed by atoms with Crippen molar-refractivity contribution < 1.29 is 49.0 Å². The summed E-state index contributed by atoms with van der Waals surface area (Å²) < 4.78 is 17.3. The van der Waals surface area contributed by atoms with Crippen LogP contribution in [-0.2, 0) is 28.6 Å². The molecule has 6 unspecified atom stereocenters. The number of aliphatic hydroxyl groups is 4. The number of nitrogens with two attached hydrogens (primary N) is 1. The molecule has 0 saturated carbocycles. The second-order valence-electron chi connectivity index (χ2n) is 11.2. The molecule has 0 radical (unpaired) electrons. The maximum atomic E-state index is 13.4. The van der Waals surface area contributed by atoms with Crippen molar-refractivity contribution in [1.29, 1.82) is 0 Å². The summed E-state index contributed by atoms with van der Waals surface area (Å²) in [5.41, 5.74) is 5.82. The molecule has 18 heteroatoms. The van der Waals surface area contributed by atoms with Crippen LogP contribution in [-0.4, -0.2) is 102 Å². The van der Waals surface area contributed by atoms with E-state index in [0.29, 0.717) is 22.5 Å². The second-order valence-corrected chi connectivity index (χ2v) is 11.2. The molecule has 1 aromatic heterocycles. The lowest BCUT2D eigenvalue weighted by Gasteiger charge is -2.34. The van der Waals surface area contributed by atoms with Crippen LogP contribution in [0.1, 0.15) is 17.4 Å². The summed E-state index contributed by atoms with van der Waals surface area (Å²) in [4.78, 5) is 69.3. The van der Waals surface area contributed by atoms with Crippen molar-refractivity contribution in [2.75, 3.05) is 5.32 Å². The Bertz CT molecular complexity index is 1940. The SMILES string of the molecule is NC(=O)C(O[C@H]1OC(C(=O)NC2N=C(c3ccccc3)c3ccccc3NC2=O)=CC(O)C1O)[C@H]1O[C@@H](n2ccc(=O)[nH]c2=O)C(O)C1O. The molecule has 4 heterocycles. The van der Waals surface area contributed by atoms with Crippen LogP contribution in [0.5, 0.6) is 0 Å². The van der Waals surface area contributed by atoms with E-state index >= 15 is 0 Å². The van der Waals surface area contributed by atoms with Gasteiger partial charge in [0.25, 0.3) is 17.4 Å². The molecular formula is C31H30N6O12. The number of benzene rings is 2. The van der Waals surface area contributed by atoms with Gasteiger partial charge in [-0.15, -0.1) is 0 Å². The van der Waals surface area contributed by atoms with Gasteiger partial charge in [0.2, 0.25) is 18.4 Å². The van der Waals surface area contributed by atoms with Gasteiger partial charge >= 0.3 is 5.69 Å². The Morgan fingerprint density at radius 2 is 1.67 bits per heavy atom. The number of aliphatic hydroxyl groups excluding tert-OH is 4. The molecule has 256 valence electrons. The Balaban J connectivity index is 1.21. The number of nitrogens with one attached hydrogen (secondary N) is 3. The number of aromatic amines is 1. The Hall–Kier alpha value is -5.50. The Morgan fingerprint density at radius 3 is 2.39 bits per heavy atom. The van der Waals surface area contributed by atoms with Crippen LogP contribution in [0.2, 0.25) is 0 Å². The highest BCUT2D eigenvalue weighted by molar-refractivity contribution is 6.20. The van der Waals surface area contributed by atoms with Gasteiger partial charge in [-0.25, -0.2) is 9.79 Å². The molecule has 9 N–H and O–H groups in total. The number of fused-ring (bicyclic) bond motifs is 1. The Morgan fingerprint density at radius 1 is 0.959 bits per heavy atom. The van der Waals surface area contributed by atoms with E-state index in [4.69, 9.17) is 19.9 Å². The summed E-state index contributed by atoms with van der Waals surface area (Å²) in [6, 6.07) is 16.8. The molecule has 1 saturated heterocycles. The summed E-state index contributed by atoms with van der Waals surface area (Å²) in [7, 11) is 0. The molecule has 3 aliphatic rings. The van der Waals surface area contributed by atoms with Crippen molar-refractivity contribution in [3.63, 3.8) is 0 Å². The van der Waals surface area contributed by atoms with E-state index in [0.717, 1.165) is 22.9 Å². The fraction of sp³-hybridized carbons (Fsp3) is 0.290. The first-order chi connectivity index (χ1) is 23.4. The van der Waals surface area contributed by atoms with Crippen LogP contribution in [0, 0.1) is 0 Å². The lowest BCUT2D eigenvalue weighted by Crippen LogP contribution is -2.54. The number of hydrogen-bond donors (Lipinski definition) is 8. The van der Waals surface area contributed by atoms with Crippen LogP contribution in [0.25, 0.3) is 0 Å². The predicted molar refractivity (Wildman–Crippen MR) is 165 cm³/mol. The maximum absolute atomic E-state index is 13.4. The van der Waals surface area contributed by atoms with Gasteiger partial charge in [0.15, 0.2) is 18.1 Å². The van der Waals surface area contributed by atoms with E-state index in [1.807, 2.05) is 4.98 Å². The topological polar surface area (TPSA) is 277 Å². The third-order valence-electron chi connectivity index (χ3n) is 7.94. The molecule has 0 bridgehead atoms. The zero-order valence-electron chi connectivity index (χ0n) is 25.2. The minimum Gasteiger partial charge on any atom is -0.456 e. The molecule has 0 spiro atoms. The predicted octanol–water partition coefficient (Wildman–Crippen LogP) is -3.08. The van der Waals surface area contributed by atoms with Gasteiger partial charge in [0.05, 0.1) is 11.4 Å². The Labute approximate surface area is 275 Å². The first kappa shape index (κ1) is 33.4. The monoisotopic (exact) mass is 678 g/mol. The molecular weight excluding hydrogens is 648 g/mol. The summed E-state index contributed by atoms with van der Waals surface area (Å²) in [5.74, 6) is -3.69. The van der Waals surface area contributed by atoms with Crippen LogP contribution < -0.4 is 27.6 Å². The van der Waals surface area contributed by atoms with Gasteiger partial charge in [-0.1, -0.05) is 48.5 Å². The molecule has 1 fully saturated rings. The molecule has 6 rings (SSSR count). The number of anilines is 1. The minimum atomic E-state index is -1.99. The number of ether oxygens (including phenoxy) is 3. The van der Waals surface area contributed by atoms with Crippen molar-refractivity contribution in [2.45, 2.75) is 55.3 Å². The molecule has 3 aromatic rings. The highest BCUT2D eigenvalue weighted by atomic mass is 16.7. The van der Waals surface area contributed by atoms with Gasteiger partial charge in [-0.05, 0) is 12.1 Å². The molecule has 3 amide bonds. The summed E-state index contributed by atoms with van der Waals surface area (Å²) in [6.45, 7) is 0. The van der Waals surface area contributed by atoms with Gasteiger partial charge < -0.3 is 51.0 Å². The highest BCUT2D eigenvalue weighted by Crippen LogP contribution is 2.33. The molecule has 2 aromatic carbocycles. The molecule has 3 aliphatic heterocycles. The summed E-state index contributed by atoms with van der Waals surface area (Å²) in [5, 5.41) is 47.6. The summed E-state index contributed by atoms with van der Waals surface area (Å²) >= 11 is 0. The Kier molecular flexibility index (Phi) is 9.24. The zero-order valence-corrected chi connectivity index (χ0v) is 25.2. The number of hydrogen-bond acceptors (Lipinski definition) is 13. The first-order valence-electron chi connectivity index (χ1n) is 14.8. The van der Waals surface area contributed by atoms with E-state index in [1.165, 1.54) is 0 Å². The number of carbonyl (C=O) groups is 3. The van der Waals surface area contributed by atoms with E-state index in [1.54, 1.807) is 54.6 Å². The van der Waals surface area contributed by atoms with Crippen LogP contribution in [0.4, 0.5) is 5.69 Å². The van der Waals surface area contributed by atoms with E-state index in [-0.39, 0.29) is 0 Å². The number of amides is 3. The number of primary amides is 1. The normalized spacial score (nSPS) is 28.5. The van der Waals surface area contributed by atoms with E-state index in [2.05, 4.69) is 15.6 Å². The number of nitrogens with zero attached hydrogens (tertiary/aromatic N) is 2. The number of carbonyl (C=O) groups excluding carboxylic acids is 3.